The number of rotatable bonds is 3. The van der Waals surface area contributed by atoms with Crippen LogP contribution in [0.1, 0.15) is 0 Å². The standard InChI is InChI=1S/C7H4ClF4N3O/c8-3-4(14-2-1-13-3)15-6(16)7(11,12)5(9)10/h1-2,5H,(H,14,15,16). The second-order valence-electron chi connectivity index (χ2n) is 2.57. The topological polar surface area (TPSA) is 54.9 Å². The number of anilines is 1. The lowest BCUT2D eigenvalue weighted by molar-refractivity contribution is -0.163. The number of carbonyl (C=O) groups excluding carboxylic acids is 1. The fourth-order valence-corrected chi connectivity index (χ4v) is 0.847. The maximum absolute atomic E-state index is 12.5. The van der Waals surface area contributed by atoms with Crippen LogP contribution in [0.3, 0.4) is 0 Å². The zero-order chi connectivity index (χ0) is 12.3. The molecule has 16 heavy (non-hydrogen) atoms. The van der Waals surface area contributed by atoms with Gasteiger partial charge in [0.05, 0.1) is 0 Å². The van der Waals surface area contributed by atoms with Crippen LogP contribution in [-0.4, -0.2) is 28.2 Å². The van der Waals surface area contributed by atoms with Crippen LogP contribution in [0.25, 0.3) is 0 Å². The average Bonchev–Trinajstić information content (AvgIpc) is 2.21. The SMILES string of the molecule is O=C(Nc1nccnc1Cl)C(F)(F)C(F)F. The molecule has 1 aromatic rings. The maximum atomic E-state index is 12.5. The van der Waals surface area contributed by atoms with Gasteiger partial charge in [-0.15, -0.1) is 0 Å². The molecule has 1 rings (SSSR count). The lowest BCUT2D eigenvalue weighted by Crippen LogP contribution is -2.41. The second kappa shape index (κ2) is 4.60. The minimum atomic E-state index is -4.80. The number of hydrogen-bond acceptors (Lipinski definition) is 3. The first-order valence-electron chi connectivity index (χ1n) is 3.79. The number of amides is 1. The Kier molecular flexibility index (Phi) is 3.63. The van der Waals surface area contributed by atoms with E-state index in [2.05, 4.69) is 9.97 Å². The molecule has 9 heteroatoms. The van der Waals surface area contributed by atoms with E-state index in [4.69, 9.17) is 11.6 Å². The van der Waals surface area contributed by atoms with Crippen molar-refractivity contribution in [2.24, 2.45) is 0 Å². The third kappa shape index (κ3) is 2.57. The summed E-state index contributed by atoms with van der Waals surface area (Å²) in [7, 11) is 0. The van der Waals surface area contributed by atoms with E-state index < -0.39 is 24.1 Å². The summed E-state index contributed by atoms with van der Waals surface area (Å²) >= 11 is 5.38. The largest absolute Gasteiger partial charge is 0.383 e. The average molecular weight is 258 g/mol. The van der Waals surface area contributed by atoms with Gasteiger partial charge in [-0.3, -0.25) is 4.79 Å². The molecule has 0 aliphatic carbocycles. The van der Waals surface area contributed by atoms with E-state index in [1.807, 2.05) is 0 Å². The monoisotopic (exact) mass is 257 g/mol. The molecule has 0 fully saturated rings. The van der Waals surface area contributed by atoms with E-state index >= 15 is 0 Å². The number of nitrogens with zero attached hydrogens (tertiary/aromatic N) is 2. The molecular formula is C7H4ClF4N3O. The van der Waals surface area contributed by atoms with Crippen LogP contribution in [0.15, 0.2) is 12.4 Å². The lowest BCUT2D eigenvalue weighted by Gasteiger charge is -2.14. The Labute approximate surface area is 91.6 Å². The van der Waals surface area contributed by atoms with E-state index in [0.717, 1.165) is 12.4 Å². The maximum Gasteiger partial charge on any atom is 0.383 e. The van der Waals surface area contributed by atoms with Gasteiger partial charge >= 0.3 is 18.3 Å². The Bertz CT molecular complexity index is 401. The zero-order valence-electron chi connectivity index (χ0n) is 7.42. The van der Waals surface area contributed by atoms with E-state index in [9.17, 15) is 22.4 Å². The predicted molar refractivity (Wildman–Crippen MR) is 46.6 cm³/mol. The van der Waals surface area contributed by atoms with Crippen LogP contribution in [0.2, 0.25) is 5.15 Å². The van der Waals surface area contributed by atoms with Crippen molar-refractivity contribution in [1.82, 2.24) is 9.97 Å². The van der Waals surface area contributed by atoms with E-state index in [1.165, 1.54) is 5.32 Å². The zero-order valence-corrected chi connectivity index (χ0v) is 8.18. The third-order valence-electron chi connectivity index (χ3n) is 1.46. The van der Waals surface area contributed by atoms with Gasteiger partial charge in [-0.25, -0.2) is 18.7 Å². The molecule has 0 aliphatic rings. The summed E-state index contributed by atoms with van der Waals surface area (Å²) in [4.78, 5) is 17.6. The van der Waals surface area contributed by atoms with Crippen molar-refractivity contribution in [3.05, 3.63) is 17.5 Å². The molecule has 0 spiro atoms. The first-order chi connectivity index (χ1) is 7.35. The molecular weight excluding hydrogens is 254 g/mol. The highest BCUT2D eigenvalue weighted by molar-refractivity contribution is 6.32. The molecule has 1 amide bonds. The molecule has 0 saturated heterocycles. The van der Waals surface area contributed by atoms with Crippen LogP contribution in [0.5, 0.6) is 0 Å². The summed E-state index contributed by atoms with van der Waals surface area (Å²) in [5.41, 5.74) is 0. The first kappa shape index (κ1) is 12.6. The van der Waals surface area contributed by atoms with Gasteiger partial charge in [0.25, 0.3) is 0 Å². The molecule has 1 aromatic heterocycles. The van der Waals surface area contributed by atoms with Crippen molar-refractivity contribution in [3.8, 4) is 0 Å². The lowest BCUT2D eigenvalue weighted by atomic mass is 10.3. The van der Waals surface area contributed by atoms with Crippen LogP contribution in [0.4, 0.5) is 23.4 Å². The van der Waals surface area contributed by atoms with Crippen LogP contribution in [-0.2, 0) is 4.79 Å². The molecule has 4 nitrogen and oxygen atoms in total. The van der Waals surface area contributed by atoms with Gasteiger partial charge in [-0.1, -0.05) is 11.6 Å². The minimum Gasteiger partial charge on any atom is -0.303 e. The molecule has 88 valence electrons. The van der Waals surface area contributed by atoms with Crippen LogP contribution in [0, 0.1) is 0 Å². The molecule has 0 radical (unpaired) electrons. The molecule has 0 unspecified atom stereocenters. The smallest absolute Gasteiger partial charge is 0.303 e. The fourth-order valence-electron chi connectivity index (χ4n) is 0.695. The van der Waals surface area contributed by atoms with Crippen molar-refractivity contribution in [2.45, 2.75) is 12.3 Å². The van der Waals surface area contributed by atoms with E-state index in [-0.39, 0.29) is 5.15 Å². The fraction of sp³-hybridized carbons (Fsp3) is 0.286. The highest BCUT2D eigenvalue weighted by Gasteiger charge is 2.49. The quantitative estimate of drug-likeness (QED) is 0.842. The Morgan fingerprint density at radius 2 is 1.94 bits per heavy atom. The van der Waals surface area contributed by atoms with Gasteiger partial charge in [0.2, 0.25) is 0 Å². The van der Waals surface area contributed by atoms with Gasteiger partial charge in [0.15, 0.2) is 11.0 Å². The Morgan fingerprint density at radius 1 is 1.38 bits per heavy atom. The summed E-state index contributed by atoms with van der Waals surface area (Å²) in [6.07, 6.45) is -1.91. The number of carbonyl (C=O) groups is 1. The molecule has 1 N–H and O–H groups in total. The van der Waals surface area contributed by atoms with Crippen molar-refractivity contribution >= 4 is 23.3 Å². The summed E-state index contributed by atoms with van der Waals surface area (Å²) in [5.74, 6) is -7.50. The molecule has 0 aromatic carbocycles. The normalized spacial score (nSPS) is 11.6. The van der Waals surface area contributed by atoms with Crippen LogP contribution >= 0.6 is 11.6 Å². The number of aromatic nitrogens is 2. The summed E-state index contributed by atoms with van der Waals surface area (Å²) in [6.45, 7) is 0. The Hall–Kier alpha value is -1.44. The molecule has 0 atom stereocenters. The van der Waals surface area contributed by atoms with Crippen molar-refractivity contribution in [3.63, 3.8) is 0 Å². The number of alkyl halides is 4. The van der Waals surface area contributed by atoms with Gasteiger partial charge in [0.1, 0.15) is 0 Å². The first-order valence-corrected chi connectivity index (χ1v) is 4.17. The van der Waals surface area contributed by atoms with Gasteiger partial charge in [0, 0.05) is 12.4 Å². The van der Waals surface area contributed by atoms with Crippen molar-refractivity contribution in [2.75, 3.05) is 5.32 Å². The van der Waals surface area contributed by atoms with Gasteiger partial charge in [-0.2, -0.15) is 8.78 Å². The molecule has 0 bridgehead atoms. The second-order valence-corrected chi connectivity index (χ2v) is 2.93. The summed E-state index contributed by atoms with van der Waals surface area (Å²) < 4.78 is 48.6. The predicted octanol–water partition coefficient (Wildman–Crippen LogP) is 1.97. The highest BCUT2D eigenvalue weighted by Crippen LogP contribution is 2.25. The van der Waals surface area contributed by atoms with Crippen molar-refractivity contribution in [1.29, 1.82) is 0 Å². The number of nitrogens with one attached hydrogen (secondary N) is 1. The highest BCUT2D eigenvalue weighted by atomic mass is 35.5. The number of halogens is 5. The Morgan fingerprint density at radius 3 is 2.44 bits per heavy atom. The van der Waals surface area contributed by atoms with Crippen molar-refractivity contribution < 1.29 is 22.4 Å². The third-order valence-corrected chi connectivity index (χ3v) is 1.74. The van der Waals surface area contributed by atoms with Gasteiger partial charge in [-0.05, 0) is 0 Å². The molecule has 1 heterocycles. The van der Waals surface area contributed by atoms with Crippen LogP contribution < -0.4 is 5.32 Å². The summed E-state index contributed by atoms with van der Waals surface area (Å²) in [5, 5.41) is 1.08. The van der Waals surface area contributed by atoms with E-state index in [0.29, 0.717) is 0 Å². The Balaban J connectivity index is 2.84. The number of hydrogen-bond donors (Lipinski definition) is 1. The van der Waals surface area contributed by atoms with E-state index in [1.54, 1.807) is 0 Å². The van der Waals surface area contributed by atoms with Gasteiger partial charge < -0.3 is 5.32 Å². The molecule has 0 saturated carbocycles. The summed E-state index contributed by atoms with van der Waals surface area (Å²) in [6, 6.07) is 0. The minimum absolute atomic E-state index is 0.374. The molecule has 0 aliphatic heterocycles.